The first-order valence-corrected chi connectivity index (χ1v) is 8.05. The fourth-order valence-electron chi connectivity index (χ4n) is 3.01. The fraction of sp³-hybridized carbons (Fsp3) is 0.389. The molecule has 1 heterocycles. The van der Waals surface area contributed by atoms with Gasteiger partial charge in [0.2, 0.25) is 0 Å². The third kappa shape index (κ3) is 3.36. The van der Waals surface area contributed by atoms with Crippen molar-refractivity contribution < 1.29 is 19.1 Å². The van der Waals surface area contributed by atoms with Crippen LogP contribution < -0.4 is 0 Å². The van der Waals surface area contributed by atoms with Crippen LogP contribution in [0.2, 0.25) is 5.02 Å². The summed E-state index contributed by atoms with van der Waals surface area (Å²) in [5.41, 5.74) is 2.11. The van der Waals surface area contributed by atoms with Crippen molar-refractivity contribution in [1.82, 2.24) is 0 Å². The van der Waals surface area contributed by atoms with Crippen LogP contribution in [-0.4, -0.2) is 31.4 Å². The first kappa shape index (κ1) is 18.2. The van der Waals surface area contributed by atoms with E-state index in [1.54, 1.807) is 39.0 Å². The summed E-state index contributed by atoms with van der Waals surface area (Å²) in [6.45, 7) is 5.46. The number of ether oxygens (including phenoxy) is 2. The molecule has 0 amide bonds. The molecule has 0 spiro atoms. The Labute approximate surface area is 146 Å². The second-order valence-corrected chi connectivity index (χ2v) is 5.88. The lowest BCUT2D eigenvalue weighted by Gasteiger charge is -2.31. The Morgan fingerprint density at radius 3 is 2.50 bits per heavy atom. The van der Waals surface area contributed by atoms with E-state index in [0.717, 1.165) is 0 Å². The molecule has 1 aliphatic rings. The second kappa shape index (κ2) is 7.62. The highest BCUT2D eigenvalue weighted by atomic mass is 35.5. The second-order valence-electron chi connectivity index (χ2n) is 5.47. The minimum atomic E-state index is -0.720. The van der Waals surface area contributed by atoms with Gasteiger partial charge < -0.3 is 9.47 Å². The molecule has 0 saturated heterocycles. The van der Waals surface area contributed by atoms with Gasteiger partial charge in [-0.1, -0.05) is 29.8 Å². The van der Waals surface area contributed by atoms with Crippen LogP contribution in [0.3, 0.4) is 0 Å². The molecule has 6 heteroatoms. The van der Waals surface area contributed by atoms with Crippen LogP contribution in [-0.2, 0) is 19.1 Å². The molecule has 24 heavy (non-hydrogen) atoms. The molecule has 1 aromatic rings. The van der Waals surface area contributed by atoms with Crippen molar-refractivity contribution in [3.8, 4) is 0 Å². The van der Waals surface area contributed by atoms with E-state index in [1.807, 2.05) is 6.07 Å². The maximum atomic E-state index is 12.5. The lowest BCUT2D eigenvalue weighted by atomic mass is 9.75. The number of nitrogens with zero attached hydrogens (tertiary/aromatic N) is 1. The molecule has 0 bridgehead atoms. The largest absolute Gasteiger partial charge is 0.466 e. The molecular weight excluding hydrogens is 330 g/mol. The number of hydrogen-bond acceptors (Lipinski definition) is 5. The summed E-state index contributed by atoms with van der Waals surface area (Å²) in [6.07, 6.45) is 0. The number of allylic oxidation sites excluding steroid dienone is 1. The predicted octanol–water partition coefficient (Wildman–Crippen LogP) is 3.52. The molecule has 128 valence electrons. The van der Waals surface area contributed by atoms with Gasteiger partial charge in [-0.15, -0.1) is 0 Å². The number of rotatable bonds is 4. The molecule has 0 saturated carbocycles. The monoisotopic (exact) mass is 349 g/mol. The maximum absolute atomic E-state index is 12.5. The first-order valence-electron chi connectivity index (χ1n) is 7.67. The normalized spacial score (nSPS) is 20.5. The third-order valence-corrected chi connectivity index (χ3v) is 4.36. The number of benzene rings is 1. The molecule has 0 N–H and O–H groups in total. The zero-order chi connectivity index (χ0) is 17.9. The minimum absolute atomic E-state index is 0.244. The lowest BCUT2D eigenvalue weighted by molar-refractivity contribution is -0.146. The first-order chi connectivity index (χ1) is 11.4. The number of esters is 2. The highest BCUT2D eigenvalue weighted by Gasteiger charge is 2.42. The smallest absolute Gasteiger partial charge is 0.336 e. The van der Waals surface area contributed by atoms with Gasteiger partial charge in [0.05, 0.1) is 19.3 Å². The number of halogens is 1. The van der Waals surface area contributed by atoms with Crippen LogP contribution in [0.25, 0.3) is 0 Å². The highest BCUT2D eigenvalue weighted by molar-refractivity contribution is 6.31. The van der Waals surface area contributed by atoms with E-state index >= 15 is 0 Å². The van der Waals surface area contributed by atoms with Crippen molar-refractivity contribution in [3.05, 3.63) is 46.1 Å². The summed E-state index contributed by atoms with van der Waals surface area (Å²) >= 11 is 6.35. The maximum Gasteiger partial charge on any atom is 0.336 e. The number of methoxy groups -OCH3 is 1. The van der Waals surface area contributed by atoms with E-state index in [1.165, 1.54) is 7.11 Å². The molecular formula is C18H20ClNO4. The minimum Gasteiger partial charge on any atom is -0.466 e. The average Bonchev–Trinajstić information content (AvgIpc) is 2.54. The van der Waals surface area contributed by atoms with Crippen LogP contribution in [0, 0.1) is 5.92 Å². The standard InChI is InChI=1S/C18H20ClNO4/c1-5-24-18(22)15-11(3)20-10(2)14(17(21)23-4)16(15)12-8-6-7-9-13(12)19/h6-9,15-16H,5H2,1-4H3/t15?,16-/m1/s1. The zero-order valence-electron chi connectivity index (χ0n) is 14.1. The van der Waals surface area contributed by atoms with Crippen molar-refractivity contribution in [2.24, 2.45) is 10.9 Å². The SMILES string of the molecule is CCOC(=O)C1C(C)=NC(C)=C(C(=O)OC)[C@H]1c1ccccc1Cl. The van der Waals surface area contributed by atoms with Crippen molar-refractivity contribution >= 4 is 29.3 Å². The van der Waals surface area contributed by atoms with Gasteiger partial charge in [-0.2, -0.15) is 0 Å². The van der Waals surface area contributed by atoms with Gasteiger partial charge in [0.15, 0.2) is 0 Å². The Morgan fingerprint density at radius 2 is 1.92 bits per heavy atom. The van der Waals surface area contributed by atoms with Crippen LogP contribution in [0.1, 0.15) is 32.3 Å². The number of carbonyl (C=O) groups excluding carboxylic acids is 2. The fourth-order valence-corrected chi connectivity index (χ4v) is 3.27. The summed E-state index contributed by atoms with van der Waals surface area (Å²) in [5, 5.41) is 0.473. The third-order valence-electron chi connectivity index (χ3n) is 4.01. The van der Waals surface area contributed by atoms with Crippen LogP contribution in [0.4, 0.5) is 0 Å². The van der Waals surface area contributed by atoms with Crippen molar-refractivity contribution in [3.63, 3.8) is 0 Å². The van der Waals surface area contributed by atoms with E-state index in [2.05, 4.69) is 4.99 Å². The molecule has 1 aromatic carbocycles. The van der Waals surface area contributed by atoms with E-state index in [9.17, 15) is 9.59 Å². The Balaban J connectivity index is 2.67. The molecule has 0 radical (unpaired) electrons. The van der Waals surface area contributed by atoms with Gasteiger partial charge in [-0.05, 0) is 32.4 Å². The molecule has 0 fully saturated rings. The Morgan fingerprint density at radius 1 is 1.25 bits per heavy atom. The predicted molar refractivity (Wildman–Crippen MR) is 92.1 cm³/mol. The summed E-state index contributed by atoms with van der Waals surface area (Å²) in [5.74, 6) is -2.27. The van der Waals surface area contributed by atoms with Gasteiger partial charge in [0, 0.05) is 22.3 Å². The zero-order valence-corrected chi connectivity index (χ0v) is 14.9. The number of carbonyl (C=O) groups is 2. The Bertz CT molecular complexity index is 723. The highest BCUT2D eigenvalue weighted by Crippen LogP contribution is 2.42. The summed E-state index contributed by atoms with van der Waals surface area (Å²) < 4.78 is 10.1. The molecule has 1 aliphatic heterocycles. The Hall–Kier alpha value is -2.14. The van der Waals surface area contributed by atoms with Gasteiger partial charge in [0.1, 0.15) is 5.92 Å². The molecule has 2 rings (SSSR count). The van der Waals surface area contributed by atoms with Gasteiger partial charge in [0.25, 0.3) is 0 Å². The van der Waals surface area contributed by atoms with E-state index < -0.39 is 23.8 Å². The topological polar surface area (TPSA) is 65.0 Å². The molecule has 5 nitrogen and oxygen atoms in total. The lowest BCUT2D eigenvalue weighted by Crippen LogP contribution is -2.36. The van der Waals surface area contributed by atoms with E-state index in [4.69, 9.17) is 21.1 Å². The molecule has 0 aromatic heterocycles. The number of aliphatic imine (C=N–C) groups is 1. The quantitative estimate of drug-likeness (QED) is 0.780. The van der Waals surface area contributed by atoms with E-state index in [0.29, 0.717) is 27.6 Å². The molecule has 1 unspecified atom stereocenters. The number of hydrogen-bond donors (Lipinski definition) is 0. The van der Waals surface area contributed by atoms with E-state index in [-0.39, 0.29) is 6.61 Å². The summed E-state index contributed by atoms with van der Waals surface area (Å²) in [4.78, 5) is 29.3. The van der Waals surface area contributed by atoms with Crippen molar-refractivity contribution in [1.29, 1.82) is 0 Å². The van der Waals surface area contributed by atoms with Gasteiger partial charge in [-0.25, -0.2) is 4.79 Å². The molecule has 0 aliphatic carbocycles. The van der Waals surface area contributed by atoms with Crippen LogP contribution in [0.5, 0.6) is 0 Å². The average molecular weight is 350 g/mol. The Kier molecular flexibility index (Phi) is 5.78. The summed E-state index contributed by atoms with van der Waals surface area (Å²) in [7, 11) is 1.30. The van der Waals surface area contributed by atoms with Crippen molar-refractivity contribution in [2.45, 2.75) is 26.7 Å². The van der Waals surface area contributed by atoms with Gasteiger partial charge >= 0.3 is 11.9 Å². The van der Waals surface area contributed by atoms with Gasteiger partial charge in [-0.3, -0.25) is 9.79 Å². The summed E-state index contributed by atoms with van der Waals surface area (Å²) in [6, 6.07) is 7.14. The van der Waals surface area contributed by atoms with Crippen molar-refractivity contribution in [2.75, 3.05) is 13.7 Å². The van der Waals surface area contributed by atoms with Crippen LogP contribution >= 0.6 is 11.6 Å². The molecule has 2 atom stereocenters. The van der Waals surface area contributed by atoms with Crippen LogP contribution in [0.15, 0.2) is 40.5 Å².